The maximum absolute atomic E-state index is 11.3. The van der Waals surface area contributed by atoms with Crippen molar-refractivity contribution in [1.82, 2.24) is 0 Å². The van der Waals surface area contributed by atoms with E-state index in [0.717, 1.165) is 25.7 Å². The molecule has 0 aliphatic carbocycles. The Morgan fingerprint density at radius 3 is 2.17 bits per heavy atom. The molecule has 0 spiro atoms. The number of rotatable bonds is 13. The predicted molar refractivity (Wildman–Crippen MR) is 74.5 cm³/mol. The summed E-state index contributed by atoms with van der Waals surface area (Å²) in [5, 5.41) is 8.59. The molecule has 0 atom stereocenters. The van der Waals surface area contributed by atoms with Crippen LogP contribution in [0.4, 0.5) is 0 Å². The molecule has 0 radical (unpaired) electrons. The van der Waals surface area contributed by atoms with Gasteiger partial charge in [-0.3, -0.25) is 4.79 Å². The summed E-state index contributed by atoms with van der Waals surface area (Å²) >= 11 is 0. The van der Waals surface area contributed by atoms with Crippen LogP contribution in [0.1, 0.15) is 77.6 Å². The van der Waals surface area contributed by atoms with Crippen molar-refractivity contribution in [3.63, 3.8) is 0 Å². The van der Waals surface area contributed by atoms with Crippen molar-refractivity contribution in [3.8, 4) is 0 Å². The van der Waals surface area contributed by atoms with Crippen LogP contribution in [-0.2, 0) is 9.53 Å². The molecule has 0 fully saturated rings. The van der Waals surface area contributed by atoms with Gasteiger partial charge in [0.15, 0.2) is 0 Å². The summed E-state index contributed by atoms with van der Waals surface area (Å²) < 4.78 is 5.15. The van der Waals surface area contributed by atoms with Gasteiger partial charge in [-0.2, -0.15) is 0 Å². The lowest BCUT2D eigenvalue weighted by Gasteiger charge is -2.04. The van der Waals surface area contributed by atoms with Crippen molar-refractivity contribution in [2.24, 2.45) is 0 Å². The Hall–Kier alpha value is -0.570. The lowest BCUT2D eigenvalue weighted by Crippen LogP contribution is -2.05. The van der Waals surface area contributed by atoms with Crippen LogP contribution in [0.25, 0.3) is 0 Å². The Balaban J connectivity index is 3.10. The van der Waals surface area contributed by atoms with Gasteiger partial charge >= 0.3 is 5.97 Å². The van der Waals surface area contributed by atoms with Gasteiger partial charge in [0.2, 0.25) is 0 Å². The molecule has 0 saturated carbocycles. The van der Waals surface area contributed by atoms with E-state index in [2.05, 4.69) is 6.92 Å². The molecule has 0 aliphatic rings. The molecule has 0 saturated heterocycles. The van der Waals surface area contributed by atoms with Crippen LogP contribution < -0.4 is 0 Å². The number of hydrogen-bond donors (Lipinski definition) is 1. The molecule has 0 aromatic heterocycles. The fraction of sp³-hybridized carbons (Fsp3) is 0.933. The van der Waals surface area contributed by atoms with Crippen LogP contribution in [0.5, 0.6) is 0 Å². The van der Waals surface area contributed by atoms with Gasteiger partial charge < -0.3 is 9.84 Å². The Bertz CT molecular complexity index is 181. The van der Waals surface area contributed by atoms with Crippen molar-refractivity contribution in [2.45, 2.75) is 77.6 Å². The first kappa shape index (κ1) is 17.4. The number of esters is 1. The normalized spacial score (nSPS) is 10.6. The molecular formula is C15H30O3. The summed E-state index contributed by atoms with van der Waals surface area (Å²) in [5.74, 6) is -0.0843. The van der Waals surface area contributed by atoms with Crippen LogP contribution in [0.3, 0.4) is 0 Å². The fourth-order valence-corrected chi connectivity index (χ4v) is 1.88. The van der Waals surface area contributed by atoms with E-state index in [4.69, 9.17) is 9.84 Å². The van der Waals surface area contributed by atoms with E-state index in [0.29, 0.717) is 13.0 Å². The van der Waals surface area contributed by atoms with Gasteiger partial charge in [-0.25, -0.2) is 0 Å². The molecule has 0 rings (SSSR count). The lowest BCUT2D eigenvalue weighted by atomic mass is 10.1. The van der Waals surface area contributed by atoms with Crippen molar-refractivity contribution >= 4 is 5.97 Å². The quantitative estimate of drug-likeness (QED) is 0.403. The van der Waals surface area contributed by atoms with Gasteiger partial charge in [0, 0.05) is 13.0 Å². The highest BCUT2D eigenvalue weighted by atomic mass is 16.5. The average Bonchev–Trinajstić information content (AvgIpc) is 2.38. The highest BCUT2D eigenvalue weighted by Crippen LogP contribution is 2.07. The van der Waals surface area contributed by atoms with Gasteiger partial charge in [0.25, 0.3) is 0 Å². The predicted octanol–water partition coefficient (Wildman–Crippen LogP) is 3.83. The standard InChI is InChI=1S/C15H30O3/c1-2-3-4-5-6-7-11-14-18-15(17)12-9-8-10-13-16/h16H,2-14H2,1H3. The number of aliphatic hydroxyl groups is 1. The van der Waals surface area contributed by atoms with Crippen LogP contribution in [0.2, 0.25) is 0 Å². The molecule has 0 aromatic carbocycles. The van der Waals surface area contributed by atoms with Gasteiger partial charge in [0.05, 0.1) is 6.61 Å². The molecule has 0 unspecified atom stereocenters. The van der Waals surface area contributed by atoms with Gasteiger partial charge in [-0.05, 0) is 19.3 Å². The van der Waals surface area contributed by atoms with E-state index in [1.807, 2.05) is 0 Å². The van der Waals surface area contributed by atoms with Gasteiger partial charge in [-0.1, -0.05) is 51.9 Å². The van der Waals surface area contributed by atoms with Crippen LogP contribution in [0, 0.1) is 0 Å². The number of aliphatic hydroxyl groups excluding tert-OH is 1. The molecule has 0 heterocycles. The SMILES string of the molecule is CCCCCCCCCOC(=O)CCCCCO. The minimum atomic E-state index is -0.0843. The number of unbranched alkanes of at least 4 members (excludes halogenated alkanes) is 8. The van der Waals surface area contributed by atoms with Gasteiger partial charge in [0.1, 0.15) is 0 Å². The molecule has 1 N–H and O–H groups in total. The number of hydrogen-bond acceptors (Lipinski definition) is 3. The lowest BCUT2D eigenvalue weighted by molar-refractivity contribution is -0.143. The summed E-state index contributed by atoms with van der Waals surface area (Å²) in [4.78, 5) is 11.3. The maximum Gasteiger partial charge on any atom is 0.305 e. The minimum Gasteiger partial charge on any atom is -0.466 e. The smallest absolute Gasteiger partial charge is 0.305 e. The first-order valence-corrected chi connectivity index (χ1v) is 7.57. The zero-order chi connectivity index (χ0) is 13.5. The molecule has 3 heteroatoms. The van der Waals surface area contributed by atoms with Gasteiger partial charge in [-0.15, -0.1) is 0 Å². The largest absolute Gasteiger partial charge is 0.466 e. The zero-order valence-electron chi connectivity index (χ0n) is 12.0. The van der Waals surface area contributed by atoms with E-state index in [1.54, 1.807) is 0 Å². The van der Waals surface area contributed by atoms with E-state index < -0.39 is 0 Å². The maximum atomic E-state index is 11.3. The number of carbonyl (C=O) groups excluding carboxylic acids is 1. The molecule has 108 valence electrons. The third-order valence-electron chi connectivity index (χ3n) is 3.05. The van der Waals surface area contributed by atoms with Crippen molar-refractivity contribution in [1.29, 1.82) is 0 Å². The third kappa shape index (κ3) is 13.5. The second-order valence-electron chi connectivity index (χ2n) is 4.88. The Morgan fingerprint density at radius 1 is 0.889 bits per heavy atom. The summed E-state index contributed by atoms with van der Waals surface area (Å²) in [5.41, 5.74) is 0. The first-order valence-electron chi connectivity index (χ1n) is 7.57. The van der Waals surface area contributed by atoms with E-state index >= 15 is 0 Å². The van der Waals surface area contributed by atoms with Crippen molar-refractivity contribution in [3.05, 3.63) is 0 Å². The molecule has 0 bridgehead atoms. The molecule has 0 amide bonds. The first-order chi connectivity index (χ1) is 8.81. The summed E-state index contributed by atoms with van der Waals surface area (Å²) in [6, 6.07) is 0. The second-order valence-corrected chi connectivity index (χ2v) is 4.88. The van der Waals surface area contributed by atoms with Crippen molar-refractivity contribution < 1.29 is 14.6 Å². The Kier molecular flexibility index (Phi) is 14.0. The highest BCUT2D eigenvalue weighted by Gasteiger charge is 2.01. The molecule has 0 aliphatic heterocycles. The summed E-state index contributed by atoms with van der Waals surface area (Å²) in [6.45, 7) is 3.01. The molecule has 18 heavy (non-hydrogen) atoms. The van der Waals surface area contributed by atoms with E-state index in [9.17, 15) is 4.79 Å². The second kappa shape index (κ2) is 14.5. The van der Waals surface area contributed by atoms with Crippen LogP contribution in [-0.4, -0.2) is 24.3 Å². The number of ether oxygens (including phenoxy) is 1. The third-order valence-corrected chi connectivity index (χ3v) is 3.05. The van der Waals surface area contributed by atoms with Crippen LogP contribution >= 0.6 is 0 Å². The summed E-state index contributed by atoms with van der Waals surface area (Å²) in [6.07, 6.45) is 11.7. The monoisotopic (exact) mass is 258 g/mol. The fourth-order valence-electron chi connectivity index (χ4n) is 1.88. The van der Waals surface area contributed by atoms with Crippen molar-refractivity contribution in [2.75, 3.05) is 13.2 Å². The average molecular weight is 258 g/mol. The van der Waals surface area contributed by atoms with E-state index in [-0.39, 0.29) is 12.6 Å². The topological polar surface area (TPSA) is 46.5 Å². The number of carbonyl (C=O) groups is 1. The Morgan fingerprint density at radius 2 is 1.50 bits per heavy atom. The van der Waals surface area contributed by atoms with Crippen LogP contribution in [0.15, 0.2) is 0 Å². The zero-order valence-corrected chi connectivity index (χ0v) is 12.0. The Labute approximate surface area is 112 Å². The molecular weight excluding hydrogens is 228 g/mol. The summed E-state index contributed by atoms with van der Waals surface area (Å²) in [7, 11) is 0. The highest BCUT2D eigenvalue weighted by molar-refractivity contribution is 5.69. The molecule has 3 nitrogen and oxygen atoms in total. The minimum absolute atomic E-state index is 0.0843. The molecule has 0 aromatic rings. The van der Waals surface area contributed by atoms with E-state index in [1.165, 1.54) is 38.5 Å².